The summed E-state index contributed by atoms with van der Waals surface area (Å²) in [6.07, 6.45) is -0.699. The summed E-state index contributed by atoms with van der Waals surface area (Å²) in [4.78, 5) is 34.4. The van der Waals surface area contributed by atoms with Gasteiger partial charge in [0, 0.05) is 16.2 Å². The number of carboxylic acids is 1. The number of thioether (sulfide) groups is 1. The highest BCUT2D eigenvalue weighted by molar-refractivity contribution is 7.99. The fraction of sp³-hybridized carbons (Fsp3) is 0.231. The highest BCUT2D eigenvalue weighted by Crippen LogP contribution is 2.36. The molecule has 2 heterocycles. The van der Waals surface area contributed by atoms with E-state index in [9.17, 15) is 14.4 Å². The molecule has 21 heavy (non-hydrogen) atoms. The van der Waals surface area contributed by atoms with Crippen LogP contribution in [0.5, 0.6) is 5.75 Å². The van der Waals surface area contributed by atoms with Gasteiger partial charge in [-0.25, -0.2) is 5.43 Å². The number of carboxylic acid groups (broad SMARTS) is 1. The Morgan fingerprint density at radius 2 is 2.29 bits per heavy atom. The van der Waals surface area contributed by atoms with Gasteiger partial charge in [-0.1, -0.05) is 0 Å². The summed E-state index contributed by atoms with van der Waals surface area (Å²) in [6.45, 7) is 0. The molecule has 0 bridgehead atoms. The Kier molecular flexibility index (Phi) is 3.38. The molecule has 1 aromatic carbocycles. The van der Waals surface area contributed by atoms with E-state index < -0.39 is 18.4 Å². The molecule has 1 atom stereocenters. The summed E-state index contributed by atoms with van der Waals surface area (Å²) in [5.74, 6) is -1.67. The average Bonchev–Trinajstić information content (AvgIpc) is 2.80. The van der Waals surface area contributed by atoms with E-state index in [4.69, 9.17) is 9.84 Å². The van der Waals surface area contributed by atoms with E-state index in [0.29, 0.717) is 11.5 Å². The second-order valence-electron chi connectivity index (χ2n) is 4.54. The molecule has 0 aliphatic carbocycles. The third kappa shape index (κ3) is 2.62. The third-order valence-corrected chi connectivity index (χ3v) is 4.26. The lowest BCUT2D eigenvalue weighted by Gasteiger charge is -2.20. The molecule has 2 aliphatic rings. The minimum absolute atomic E-state index is 0.142. The van der Waals surface area contributed by atoms with Gasteiger partial charge >= 0.3 is 11.9 Å². The van der Waals surface area contributed by atoms with Crippen molar-refractivity contribution in [1.82, 2.24) is 5.43 Å². The zero-order chi connectivity index (χ0) is 15.0. The summed E-state index contributed by atoms with van der Waals surface area (Å²) in [5, 5.41) is 12.6. The van der Waals surface area contributed by atoms with E-state index in [0.717, 1.165) is 10.5 Å². The minimum Gasteiger partial charge on any atom is -0.481 e. The van der Waals surface area contributed by atoms with Gasteiger partial charge in [0.1, 0.15) is 12.2 Å². The molecule has 2 N–H and O–H groups in total. The molecular formula is C13H10N2O5S. The number of nitrogens with zero attached hydrogens (tertiary/aromatic N) is 1. The van der Waals surface area contributed by atoms with Crippen LogP contribution >= 0.6 is 11.8 Å². The lowest BCUT2D eigenvalue weighted by Crippen LogP contribution is -2.28. The Morgan fingerprint density at radius 1 is 1.48 bits per heavy atom. The SMILES string of the molecule is O=C(O)CC(=O)Oc1ccc2c(c1)C1=NNC(=O)C1CS2. The van der Waals surface area contributed by atoms with E-state index in [1.54, 1.807) is 18.2 Å². The Hall–Kier alpha value is -2.35. The molecule has 0 fully saturated rings. The van der Waals surface area contributed by atoms with Gasteiger partial charge in [0.25, 0.3) is 0 Å². The quantitative estimate of drug-likeness (QED) is 0.482. The van der Waals surface area contributed by atoms with Crippen LogP contribution in [0.3, 0.4) is 0 Å². The number of hydrazone groups is 1. The molecule has 7 nitrogen and oxygen atoms in total. The molecule has 1 amide bonds. The molecular weight excluding hydrogens is 296 g/mol. The number of hydrogen-bond acceptors (Lipinski definition) is 6. The van der Waals surface area contributed by atoms with Crippen molar-refractivity contribution >= 4 is 35.3 Å². The van der Waals surface area contributed by atoms with E-state index >= 15 is 0 Å². The number of ether oxygens (including phenoxy) is 1. The van der Waals surface area contributed by atoms with Crippen LogP contribution in [0.15, 0.2) is 28.2 Å². The number of fused-ring (bicyclic) bond motifs is 3. The number of benzene rings is 1. The van der Waals surface area contributed by atoms with Crippen molar-refractivity contribution in [3.05, 3.63) is 23.8 Å². The van der Waals surface area contributed by atoms with Gasteiger partial charge in [-0.2, -0.15) is 5.10 Å². The number of amides is 1. The smallest absolute Gasteiger partial charge is 0.322 e. The fourth-order valence-corrected chi connectivity index (χ4v) is 3.30. The number of hydrogen-bond donors (Lipinski definition) is 2. The van der Waals surface area contributed by atoms with E-state index in [2.05, 4.69) is 10.5 Å². The topological polar surface area (TPSA) is 105 Å². The number of aliphatic carboxylic acids is 1. The maximum Gasteiger partial charge on any atom is 0.322 e. The zero-order valence-corrected chi connectivity index (χ0v) is 11.5. The Balaban J connectivity index is 1.86. The first-order valence-electron chi connectivity index (χ1n) is 6.11. The summed E-state index contributed by atoms with van der Waals surface area (Å²) < 4.78 is 4.98. The summed E-state index contributed by atoms with van der Waals surface area (Å²) in [5.41, 5.74) is 3.80. The van der Waals surface area contributed by atoms with Crippen LogP contribution in [0, 0.1) is 5.92 Å². The zero-order valence-electron chi connectivity index (χ0n) is 10.7. The van der Waals surface area contributed by atoms with E-state index in [-0.39, 0.29) is 17.6 Å². The maximum atomic E-state index is 11.6. The molecule has 0 spiro atoms. The summed E-state index contributed by atoms with van der Waals surface area (Å²) >= 11 is 1.53. The van der Waals surface area contributed by atoms with Gasteiger partial charge in [0.05, 0.1) is 11.6 Å². The first-order chi connectivity index (χ1) is 10.0. The molecule has 0 saturated heterocycles. The first-order valence-corrected chi connectivity index (χ1v) is 7.10. The second kappa shape index (κ2) is 5.21. The van der Waals surface area contributed by atoms with Crippen LogP contribution in [0.2, 0.25) is 0 Å². The molecule has 0 saturated carbocycles. The first kappa shape index (κ1) is 13.6. The molecule has 0 radical (unpaired) electrons. The van der Waals surface area contributed by atoms with Crippen molar-refractivity contribution in [3.8, 4) is 5.75 Å². The van der Waals surface area contributed by atoms with Gasteiger partial charge in [-0.05, 0) is 18.2 Å². The predicted octanol–water partition coefficient (Wildman–Crippen LogP) is 0.622. The normalized spacial score (nSPS) is 19.1. The predicted molar refractivity (Wildman–Crippen MR) is 73.2 cm³/mol. The fourth-order valence-electron chi connectivity index (χ4n) is 2.16. The monoisotopic (exact) mass is 306 g/mol. The molecule has 3 rings (SSSR count). The van der Waals surface area contributed by atoms with Gasteiger partial charge in [0.15, 0.2) is 0 Å². The highest BCUT2D eigenvalue weighted by Gasteiger charge is 2.36. The lowest BCUT2D eigenvalue weighted by atomic mass is 9.98. The number of nitrogens with one attached hydrogen (secondary N) is 1. The molecule has 1 unspecified atom stereocenters. The molecule has 8 heteroatoms. The van der Waals surface area contributed by atoms with Crippen molar-refractivity contribution < 1.29 is 24.2 Å². The number of carbonyl (C=O) groups excluding carboxylic acids is 2. The second-order valence-corrected chi connectivity index (χ2v) is 5.60. The van der Waals surface area contributed by atoms with Crippen LogP contribution in [-0.4, -0.2) is 34.4 Å². The van der Waals surface area contributed by atoms with Crippen molar-refractivity contribution in [2.24, 2.45) is 11.0 Å². The van der Waals surface area contributed by atoms with E-state index in [1.165, 1.54) is 11.8 Å². The van der Waals surface area contributed by atoms with Crippen molar-refractivity contribution in [2.45, 2.75) is 11.3 Å². The standard InChI is InChI=1S/C13H10N2O5S/c16-10(17)4-11(18)20-6-1-2-9-7(3-6)12-8(5-21-9)13(19)15-14-12/h1-3,8H,4-5H2,(H,15,19)(H,16,17). The van der Waals surface area contributed by atoms with Gasteiger partial charge in [-0.15, -0.1) is 11.8 Å². The van der Waals surface area contributed by atoms with Crippen molar-refractivity contribution in [1.29, 1.82) is 0 Å². The Labute approximate surface area is 123 Å². The van der Waals surface area contributed by atoms with Crippen molar-refractivity contribution in [3.63, 3.8) is 0 Å². The van der Waals surface area contributed by atoms with Crippen LogP contribution in [0.1, 0.15) is 12.0 Å². The third-order valence-electron chi connectivity index (χ3n) is 3.09. The average molecular weight is 306 g/mol. The maximum absolute atomic E-state index is 11.6. The van der Waals surface area contributed by atoms with E-state index in [1.807, 2.05) is 0 Å². The summed E-state index contributed by atoms with van der Waals surface area (Å²) in [7, 11) is 0. The Morgan fingerprint density at radius 3 is 3.05 bits per heavy atom. The Bertz CT molecular complexity index is 685. The molecule has 2 aliphatic heterocycles. The largest absolute Gasteiger partial charge is 0.481 e. The van der Waals surface area contributed by atoms with Gasteiger partial charge in [-0.3, -0.25) is 14.4 Å². The molecule has 108 valence electrons. The van der Waals surface area contributed by atoms with Crippen LogP contribution in [0.4, 0.5) is 0 Å². The molecule has 1 aromatic rings. The van der Waals surface area contributed by atoms with Crippen LogP contribution in [-0.2, 0) is 14.4 Å². The van der Waals surface area contributed by atoms with Crippen molar-refractivity contribution in [2.75, 3.05) is 5.75 Å². The van der Waals surface area contributed by atoms with Gasteiger partial charge < -0.3 is 9.84 Å². The molecule has 0 aromatic heterocycles. The number of esters is 1. The summed E-state index contributed by atoms with van der Waals surface area (Å²) in [6, 6.07) is 4.97. The highest BCUT2D eigenvalue weighted by atomic mass is 32.2. The van der Waals surface area contributed by atoms with Crippen LogP contribution < -0.4 is 10.2 Å². The minimum atomic E-state index is -1.25. The number of carbonyl (C=O) groups is 3. The van der Waals surface area contributed by atoms with Crippen LogP contribution in [0.25, 0.3) is 0 Å². The lowest BCUT2D eigenvalue weighted by molar-refractivity contribution is -0.145. The van der Waals surface area contributed by atoms with Gasteiger partial charge in [0.2, 0.25) is 5.91 Å². The number of rotatable bonds is 3.